The maximum absolute atomic E-state index is 12.4. The molecule has 2 aliphatic rings. The van der Waals surface area contributed by atoms with Gasteiger partial charge in [-0.3, -0.25) is 9.59 Å². The molecule has 1 atom stereocenters. The van der Waals surface area contributed by atoms with Crippen molar-refractivity contribution in [1.29, 1.82) is 0 Å². The van der Waals surface area contributed by atoms with Gasteiger partial charge in [0, 0.05) is 11.6 Å². The normalized spacial score (nSPS) is 20.9. The van der Waals surface area contributed by atoms with Gasteiger partial charge in [0.1, 0.15) is 12.3 Å². The predicted molar refractivity (Wildman–Crippen MR) is 102 cm³/mol. The van der Waals surface area contributed by atoms with Crippen molar-refractivity contribution in [3.8, 4) is 5.75 Å². The van der Waals surface area contributed by atoms with Crippen molar-refractivity contribution in [2.75, 3.05) is 10.8 Å². The fourth-order valence-electron chi connectivity index (χ4n) is 3.63. The molecule has 0 unspecified atom stereocenters. The molecule has 0 saturated carbocycles. The van der Waals surface area contributed by atoms with Gasteiger partial charge >= 0.3 is 10.2 Å². The van der Waals surface area contributed by atoms with E-state index in [1.165, 1.54) is 12.1 Å². The molecule has 4 rings (SSSR count). The molecule has 0 aliphatic carbocycles. The molecule has 0 radical (unpaired) electrons. The second-order valence-corrected chi connectivity index (χ2v) is 8.53. The number of nitrogens with one attached hydrogen (secondary N) is 2. The summed E-state index contributed by atoms with van der Waals surface area (Å²) in [5, 5.41) is 13.3. The van der Waals surface area contributed by atoms with Gasteiger partial charge in [-0.15, -0.1) is 0 Å². The Morgan fingerprint density at radius 3 is 2.64 bits per heavy atom. The number of nitrogens with zero attached hydrogens (tertiary/aromatic N) is 1. The van der Waals surface area contributed by atoms with Crippen LogP contribution in [0.1, 0.15) is 27.9 Å². The molecule has 1 saturated heterocycles. The van der Waals surface area contributed by atoms with Crippen LogP contribution in [0.25, 0.3) is 0 Å². The number of carbonyl (C=O) groups is 2. The van der Waals surface area contributed by atoms with E-state index in [0.29, 0.717) is 12.0 Å². The van der Waals surface area contributed by atoms with Crippen LogP contribution in [-0.4, -0.2) is 37.9 Å². The lowest BCUT2D eigenvalue weighted by Crippen LogP contribution is -2.35. The quantitative estimate of drug-likeness (QED) is 0.706. The molecule has 8 nitrogen and oxygen atoms in total. The molecule has 0 spiro atoms. The average molecular weight is 401 g/mol. The third-order valence-corrected chi connectivity index (χ3v) is 6.36. The Kier molecular flexibility index (Phi) is 4.46. The second-order valence-electron chi connectivity index (χ2n) is 6.93. The first-order valence-electron chi connectivity index (χ1n) is 8.87. The topological polar surface area (TPSA) is 116 Å². The fraction of sp³-hybridized carbons (Fsp3) is 0.263. The van der Waals surface area contributed by atoms with Gasteiger partial charge in [-0.2, -0.15) is 8.42 Å². The van der Waals surface area contributed by atoms with Gasteiger partial charge in [0.05, 0.1) is 5.69 Å². The number of aryl methyl sites for hydroxylation is 1. The first kappa shape index (κ1) is 18.3. The van der Waals surface area contributed by atoms with E-state index in [1.54, 1.807) is 12.1 Å². The zero-order valence-electron chi connectivity index (χ0n) is 14.9. The van der Waals surface area contributed by atoms with E-state index in [1.807, 2.05) is 22.9 Å². The molecular formula is C19H19N3O5S. The number of anilines is 1. The molecule has 28 heavy (non-hydrogen) atoms. The Bertz CT molecular complexity index is 1070. The van der Waals surface area contributed by atoms with Crippen LogP contribution >= 0.6 is 0 Å². The summed E-state index contributed by atoms with van der Waals surface area (Å²) in [6.45, 7) is -0.369. The van der Waals surface area contributed by atoms with Gasteiger partial charge in [-0.1, -0.05) is 24.3 Å². The van der Waals surface area contributed by atoms with Crippen LogP contribution in [0.5, 0.6) is 5.75 Å². The number of aromatic hydroxyl groups is 1. The Balaban J connectivity index is 1.52. The van der Waals surface area contributed by atoms with Gasteiger partial charge in [0.25, 0.3) is 11.8 Å². The van der Waals surface area contributed by atoms with E-state index in [0.717, 1.165) is 28.3 Å². The molecular weight excluding hydrogens is 382 g/mol. The molecule has 2 heterocycles. The van der Waals surface area contributed by atoms with Crippen molar-refractivity contribution in [2.24, 2.45) is 0 Å². The number of phenolic OH excluding ortho intramolecular Hbond substituents is 1. The van der Waals surface area contributed by atoms with Gasteiger partial charge in [-0.25, -0.2) is 9.03 Å². The highest BCUT2D eigenvalue weighted by Crippen LogP contribution is 2.32. The maximum Gasteiger partial charge on any atom is 0.326 e. The second kappa shape index (κ2) is 6.83. The molecule has 1 fully saturated rings. The minimum atomic E-state index is -3.98. The monoisotopic (exact) mass is 401 g/mol. The third-order valence-electron chi connectivity index (χ3n) is 4.97. The lowest BCUT2D eigenvalue weighted by atomic mass is 9.99. The molecule has 2 amide bonds. The predicted octanol–water partition coefficient (Wildman–Crippen LogP) is 0.860. The van der Waals surface area contributed by atoms with E-state index in [-0.39, 0.29) is 29.9 Å². The highest BCUT2D eigenvalue weighted by atomic mass is 32.2. The molecule has 2 aromatic carbocycles. The minimum Gasteiger partial charge on any atom is -0.506 e. The number of fused-ring (bicyclic) bond motifs is 1. The SMILES string of the molecule is O=C1CN(c2ccc(C[C@H]3CCc4ccccc4C(=O)N3)cc2O)S(=O)(=O)N1. The van der Waals surface area contributed by atoms with Crippen LogP contribution in [-0.2, 0) is 27.8 Å². The van der Waals surface area contributed by atoms with E-state index >= 15 is 0 Å². The Morgan fingerprint density at radius 1 is 1.14 bits per heavy atom. The van der Waals surface area contributed by atoms with E-state index in [4.69, 9.17) is 0 Å². The average Bonchev–Trinajstić information content (AvgIpc) is 2.81. The lowest BCUT2D eigenvalue weighted by Gasteiger charge is -2.19. The summed E-state index contributed by atoms with van der Waals surface area (Å²) in [5.74, 6) is -1.00. The third kappa shape index (κ3) is 3.40. The molecule has 9 heteroatoms. The summed E-state index contributed by atoms with van der Waals surface area (Å²) >= 11 is 0. The maximum atomic E-state index is 12.4. The van der Waals surface area contributed by atoms with Crippen LogP contribution in [0.4, 0.5) is 5.69 Å². The minimum absolute atomic E-state index is 0.0411. The smallest absolute Gasteiger partial charge is 0.326 e. The Morgan fingerprint density at radius 2 is 1.93 bits per heavy atom. The number of rotatable bonds is 3. The molecule has 146 valence electrons. The van der Waals surface area contributed by atoms with Gasteiger partial charge in [0.15, 0.2) is 0 Å². The molecule has 2 aromatic rings. The molecule has 0 bridgehead atoms. The largest absolute Gasteiger partial charge is 0.506 e. The summed E-state index contributed by atoms with van der Waals surface area (Å²) in [5.41, 5.74) is 2.49. The summed E-state index contributed by atoms with van der Waals surface area (Å²) in [6.07, 6.45) is 2.02. The standard InChI is InChI=1S/C19H19N3O5S/c23-17-10-12(5-8-16(17)22-11-18(24)21-28(22,26)27)9-14-7-6-13-3-1-2-4-15(13)19(25)20-14/h1-5,8,10,14,23H,6-7,9,11H2,(H,20,25)(H,21,24)/t14-/m1/s1. The van der Waals surface area contributed by atoms with Gasteiger partial charge in [-0.05, 0) is 48.6 Å². The lowest BCUT2D eigenvalue weighted by molar-refractivity contribution is -0.117. The zero-order valence-corrected chi connectivity index (χ0v) is 15.7. The van der Waals surface area contributed by atoms with Crippen molar-refractivity contribution in [1.82, 2.24) is 10.0 Å². The molecule has 2 aliphatic heterocycles. The number of hydrogen-bond donors (Lipinski definition) is 3. The zero-order chi connectivity index (χ0) is 19.9. The van der Waals surface area contributed by atoms with Crippen molar-refractivity contribution in [3.63, 3.8) is 0 Å². The van der Waals surface area contributed by atoms with Crippen molar-refractivity contribution in [2.45, 2.75) is 25.3 Å². The summed E-state index contributed by atoms with van der Waals surface area (Å²) in [6, 6.07) is 12.0. The Labute approximate surface area is 162 Å². The number of benzene rings is 2. The summed E-state index contributed by atoms with van der Waals surface area (Å²) in [4.78, 5) is 23.8. The first-order valence-corrected chi connectivity index (χ1v) is 10.3. The highest BCUT2D eigenvalue weighted by Gasteiger charge is 2.35. The molecule has 3 N–H and O–H groups in total. The van der Waals surface area contributed by atoms with Crippen LogP contribution in [0.15, 0.2) is 42.5 Å². The number of phenols is 1. The number of amides is 2. The fourth-order valence-corrected chi connectivity index (χ4v) is 4.79. The van der Waals surface area contributed by atoms with Crippen LogP contribution in [0, 0.1) is 0 Å². The van der Waals surface area contributed by atoms with Crippen molar-refractivity contribution in [3.05, 3.63) is 59.2 Å². The first-order chi connectivity index (χ1) is 13.3. The summed E-state index contributed by atoms with van der Waals surface area (Å²) < 4.78 is 26.6. The molecule has 0 aromatic heterocycles. The van der Waals surface area contributed by atoms with Crippen LogP contribution in [0.3, 0.4) is 0 Å². The van der Waals surface area contributed by atoms with Crippen molar-refractivity contribution >= 4 is 27.7 Å². The highest BCUT2D eigenvalue weighted by molar-refractivity contribution is 7.92. The van der Waals surface area contributed by atoms with E-state index in [9.17, 15) is 23.1 Å². The van der Waals surface area contributed by atoms with Crippen LogP contribution < -0.4 is 14.3 Å². The van der Waals surface area contributed by atoms with Crippen LogP contribution in [0.2, 0.25) is 0 Å². The van der Waals surface area contributed by atoms with Gasteiger partial charge < -0.3 is 10.4 Å². The van der Waals surface area contributed by atoms with Crippen molar-refractivity contribution < 1.29 is 23.1 Å². The summed E-state index contributed by atoms with van der Waals surface area (Å²) in [7, 11) is -3.98. The number of hydrogen-bond acceptors (Lipinski definition) is 5. The van der Waals surface area contributed by atoms with E-state index in [2.05, 4.69) is 5.32 Å². The Hall–Kier alpha value is -3.07. The van der Waals surface area contributed by atoms with Gasteiger partial charge in [0.2, 0.25) is 0 Å². The number of carbonyl (C=O) groups excluding carboxylic acids is 2. The van der Waals surface area contributed by atoms with E-state index < -0.39 is 16.1 Å².